The number of nitrogens with zero attached hydrogens (tertiary/aromatic N) is 1. The minimum absolute atomic E-state index is 0.0812. The Morgan fingerprint density at radius 2 is 2.14 bits per heavy atom. The fourth-order valence-corrected chi connectivity index (χ4v) is 3.20. The highest BCUT2D eigenvalue weighted by atomic mass is 19.1. The Labute approximate surface area is 125 Å². The molecule has 0 radical (unpaired) electrons. The van der Waals surface area contributed by atoms with E-state index in [0.29, 0.717) is 41.1 Å². The number of amides is 1. The van der Waals surface area contributed by atoms with Crippen LogP contribution in [0.2, 0.25) is 0 Å². The van der Waals surface area contributed by atoms with Crippen molar-refractivity contribution in [3.63, 3.8) is 0 Å². The highest BCUT2D eigenvalue weighted by Crippen LogP contribution is 2.43. The molecule has 0 saturated carbocycles. The molecule has 1 aliphatic heterocycles. The Morgan fingerprint density at radius 3 is 2.91 bits per heavy atom. The summed E-state index contributed by atoms with van der Waals surface area (Å²) in [6.07, 6.45) is 1.27. The van der Waals surface area contributed by atoms with Crippen LogP contribution in [0.25, 0.3) is 11.1 Å². The summed E-state index contributed by atoms with van der Waals surface area (Å²) < 4.78 is 13.5. The van der Waals surface area contributed by atoms with Gasteiger partial charge in [0.15, 0.2) is 5.78 Å². The molecule has 0 atom stereocenters. The summed E-state index contributed by atoms with van der Waals surface area (Å²) >= 11 is 0. The van der Waals surface area contributed by atoms with Crippen molar-refractivity contribution >= 4 is 28.5 Å². The standard InChI is InChI=1S/C16H12FN3O2/c1-7(21)14-10-4-3-9(15(10)20-19-14)13-11-6-8(17)2-5-12(11)18-16(13)22/h2,5-6H,3-4H2,1H3,(H,18,22)(H,19,20). The van der Waals surface area contributed by atoms with Gasteiger partial charge in [-0.2, -0.15) is 5.10 Å². The first-order chi connectivity index (χ1) is 10.6. The van der Waals surface area contributed by atoms with Gasteiger partial charge in [0.2, 0.25) is 0 Å². The van der Waals surface area contributed by atoms with Crippen molar-refractivity contribution in [1.82, 2.24) is 10.2 Å². The SMILES string of the molecule is CC(=O)c1[nH]nc2c1CCC2=C1C(=O)Nc2ccc(F)cc21. The number of aromatic nitrogens is 2. The van der Waals surface area contributed by atoms with E-state index in [0.717, 1.165) is 11.1 Å². The summed E-state index contributed by atoms with van der Waals surface area (Å²) in [6, 6.07) is 4.22. The van der Waals surface area contributed by atoms with E-state index in [4.69, 9.17) is 0 Å². The van der Waals surface area contributed by atoms with Crippen LogP contribution < -0.4 is 5.32 Å². The number of aromatic amines is 1. The summed E-state index contributed by atoms with van der Waals surface area (Å²) in [6.45, 7) is 1.48. The van der Waals surface area contributed by atoms with Crippen LogP contribution in [0.3, 0.4) is 0 Å². The molecule has 5 nitrogen and oxygen atoms in total. The van der Waals surface area contributed by atoms with Crippen LogP contribution in [0.5, 0.6) is 0 Å². The average Bonchev–Trinajstić information content (AvgIpc) is 3.11. The molecule has 2 heterocycles. The number of carbonyl (C=O) groups excluding carboxylic acids is 2. The zero-order chi connectivity index (χ0) is 15.4. The molecule has 2 aromatic rings. The number of carbonyl (C=O) groups is 2. The van der Waals surface area contributed by atoms with E-state index in [1.807, 2.05) is 0 Å². The van der Waals surface area contributed by atoms with Crippen LogP contribution in [-0.2, 0) is 11.2 Å². The van der Waals surface area contributed by atoms with Gasteiger partial charge in [-0.1, -0.05) is 0 Å². The number of H-pyrrole nitrogens is 1. The summed E-state index contributed by atoms with van der Waals surface area (Å²) in [7, 11) is 0. The third-order valence-corrected chi connectivity index (χ3v) is 4.16. The number of nitrogens with one attached hydrogen (secondary N) is 2. The quantitative estimate of drug-likeness (QED) is 0.627. The topological polar surface area (TPSA) is 74.8 Å². The molecule has 1 aromatic heterocycles. The third kappa shape index (κ3) is 1.67. The van der Waals surface area contributed by atoms with Gasteiger partial charge >= 0.3 is 0 Å². The maximum Gasteiger partial charge on any atom is 0.256 e. The van der Waals surface area contributed by atoms with E-state index in [1.165, 1.54) is 19.1 Å². The Hall–Kier alpha value is -2.76. The minimum atomic E-state index is -0.391. The number of halogens is 1. The van der Waals surface area contributed by atoms with E-state index in [1.54, 1.807) is 6.07 Å². The lowest BCUT2D eigenvalue weighted by molar-refractivity contribution is -0.110. The second-order valence-corrected chi connectivity index (χ2v) is 5.48. The summed E-state index contributed by atoms with van der Waals surface area (Å²) in [5.41, 5.74) is 4.35. The molecule has 110 valence electrons. The summed E-state index contributed by atoms with van der Waals surface area (Å²) in [5, 5.41) is 9.68. The van der Waals surface area contributed by atoms with Gasteiger partial charge in [0.05, 0.1) is 11.3 Å². The maximum absolute atomic E-state index is 13.5. The first-order valence-corrected chi connectivity index (χ1v) is 6.99. The van der Waals surface area contributed by atoms with E-state index in [2.05, 4.69) is 15.5 Å². The van der Waals surface area contributed by atoms with E-state index < -0.39 is 5.82 Å². The van der Waals surface area contributed by atoms with Gasteiger partial charge in [-0.25, -0.2) is 4.39 Å². The molecule has 0 unspecified atom stereocenters. The number of hydrogen-bond donors (Lipinski definition) is 2. The highest BCUT2D eigenvalue weighted by molar-refractivity contribution is 6.37. The molecule has 0 spiro atoms. The molecule has 0 bridgehead atoms. The van der Waals surface area contributed by atoms with Gasteiger partial charge in [-0.15, -0.1) is 0 Å². The van der Waals surface area contributed by atoms with Crippen LogP contribution >= 0.6 is 0 Å². The number of fused-ring (bicyclic) bond motifs is 2. The smallest absolute Gasteiger partial charge is 0.256 e. The monoisotopic (exact) mass is 297 g/mol. The van der Waals surface area contributed by atoms with Gasteiger partial charge < -0.3 is 5.32 Å². The van der Waals surface area contributed by atoms with E-state index >= 15 is 0 Å². The normalized spacial score (nSPS) is 19.1. The summed E-state index contributed by atoms with van der Waals surface area (Å²) in [4.78, 5) is 23.9. The Bertz CT molecular complexity index is 880. The van der Waals surface area contributed by atoms with Crippen molar-refractivity contribution in [2.45, 2.75) is 19.8 Å². The molecule has 0 saturated heterocycles. The van der Waals surface area contributed by atoms with Gasteiger partial charge in [0, 0.05) is 23.7 Å². The highest BCUT2D eigenvalue weighted by Gasteiger charge is 2.33. The maximum atomic E-state index is 13.5. The lowest BCUT2D eigenvalue weighted by Gasteiger charge is -2.03. The van der Waals surface area contributed by atoms with Crippen molar-refractivity contribution < 1.29 is 14.0 Å². The number of rotatable bonds is 1. The Kier molecular flexibility index (Phi) is 2.57. The second-order valence-electron chi connectivity index (χ2n) is 5.48. The predicted octanol–water partition coefficient (Wildman–Crippen LogP) is 2.56. The molecular weight excluding hydrogens is 285 g/mol. The van der Waals surface area contributed by atoms with Crippen molar-refractivity contribution in [2.75, 3.05) is 5.32 Å². The Balaban J connectivity index is 1.94. The molecule has 22 heavy (non-hydrogen) atoms. The predicted molar refractivity (Wildman–Crippen MR) is 78.8 cm³/mol. The van der Waals surface area contributed by atoms with Crippen molar-refractivity contribution in [3.05, 3.63) is 46.5 Å². The van der Waals surface area contributed by atoms with Crippen LogP contribution in [0.15, 0.2) is 18.2 Å². The average molecular weight is 297 g/mol. The molecule has 1 aliphatic carbocycles. The van der Waals surface area contributed by atoms with E-state index in [-0.39, 0.29) is 11.7 Å². The molecule has 2 N–H and O–H groups in total. The molecule has 2 aliphatic rings. The Morgan fingerprint density at radius 1 is 1.32 bits per heavy atom. The third-order valence-electron chi connectivity index (χ3n) is 4.16. The number of ketones is 1. The number of allylic oxidation sites excluding steroid dienone is 1. The fourth-order valence-electron chi connectivity index (χ4n) is 3.20. The van der Waals surface area contributed by atoms with Crippen LogP contribution in [-0.4, -0.2) is 21.9 Å². The minimum Gasteiger partial charge on any atom is -0.321 e. The van der Waals surface area contributed by atoms with Crippen molar-refractivity contribution in [2.24, 2.45) is 0 Å². The van der Waals surface area contributed by atoms with Gasteiger partial charge in [-0.05, 0) is 36.6 Å². The second kappa shape index (κ2) is 4.37. The zero-order valence-corrected chi connectivity index (χ0v) is 11.8. The van der Waals surface area contributed by atoms with E-state index in [9.17, 15) is 14.0 Å². The first-order valence-electron chi connectivity index (χ1n) is 6.99. The number of hydrogen-bond acceptors (Lipinski definition) is 3. The van der Waals surface area contributed by atoms with Gasteiger partial charge in [-0.3, -0.25) is 14.7 Å². The van der Waals surface area contributed by atoms with Crippen LogP contribution in [0, 0.1) is 5.82 Å². The number of benzene rings is 1. The zero-order valence-electron chi connectivity index (χ0n) is 11.8. The fraction of sp³-hybridized carbons (Fsp3) is 0.188. The van der Waals surface area contributed by atoms with Crippen LogP contribution in [0.4, 0.5) is 10.1 Å². The molecule has 6 heteroatoms. The van der Waals surface area contributed by atoms with Crippen molar-refractivity contribution in [3.8, 4) is 0 Å². The molecule has 1 amide bonds. The van der Waals surface area contributed by atoms with Gasteiger partial charge in [0.25, 0.3) is 5.91 Å². The molecule has 1 aromatic carbocycles. The lowest BCUT2D eigenvalue weighted by Crippen LogP contribution is -2.05. The van der Waals surface area contributed by atoms with Gasteiger partial charge in [0.1, 0.15) is 11.5 Å². The van der Waals surface area contributed by atoms with Crippen LogP contribution in [0.1, 0.15) is 40.7 Å². The molecule has 0 fully saturated rings. The molecular formula is C16H12FN3O2. The number of Topliss-reactive ketones (excluding diaryl/α,β-unsaturated/α-hetero) is 1. The summed E-state index contributed by atoms with van der Waals surface area (Å²) in [5.74, 6) is -0.726. The lowest BCUT2D eigenvalue weighted by atomic mass is 9.99. The van der Waals surface area contributed by atoms with Crippen molar-refractivity contribution in [1.29, 1.82) is 0 Å². The molecule has 4 rings (SSSR count). The number of anilines is 1. The largest absolute Gasteiger partial charge is 0.321 e. The first kappa shape index (κ1) is 12.9.